The van der Waals surface area contributed by atoms with Gasteiger partial charge in [-0.05, 0) is 51.2 Å². The average molecular weight is 436 g/mol. The van der Waals surface area contributed by atoms with Gasteiger partial charge in [-0.2, -0.15) is 11.8 Å². The number of carboxylic acid groups (broad SMARTS) is 1. The summed E-state index contributed by atoms with van der Waals surface area (Å²) in [6, 6.07) is -3.12. The maximum Gasteiger partial charge on any atom is 0.322 e. The molecule has 0 spiro atoms. The number of amides is 3. The zero-order valence-electron chi connectivity index (χ0n) is 16.8. The number of rotatable bonds is 15. The van der Waals surface area contributed by atoms with Crippen LogP contribution in [-0.2, 0) is 19.2 Å². The standard InChI is InChI=1S/C17H33N5O6S/c1-10(23)14(19)17(28)22-11(5-3-4-7-18)16(27)21-12(6-8-29-2)15(26)20-9-13(24)25/h10-12,14,23H,3-9,18-19H2,1-2H3,(H,20,26)(H,21,27)(H,22,28)(H,24,25). The maximum atomic E-state index is 12.7. The molecule has 0 heterocycles. The van der Waals surface area contributed by atoms with E-state index in [0.29, 0.717) is 25.1 Å². The molecule has 168 valence electrons. The van der Waals surface area contributed by atoms with Gasteiger partial charge in [-0.25, -0.2) is 0 Å². The first-order valence-electron chi connectivity index (χ1n) is 9.36. The van der Waals surface area contributed by atoms with Crippen LogP contribution in [0.15, 0.2) is 0 Å². The van der Waals surface area contributed by atoms with Crippen molar-refractivity contribution in [3.8, 4) is 0 Å². The van der Waals surface area contributed by atoms with Crippen LogP contribution in [0, 0.1) is 0 Å². The minimum absolute atomic E-state index is 0.271. The highest BCUT2D eigenvalue weighted by atomic mass is 32.2. The fourth-order valence-corrected chi connectivity index (χ4v) is 2.78. The molecule has 0 rings (SSSR count). The highest BCUT2D eigenvalue weighted by Gasteiger charge is 2.28. The van der Waals surface area contributed by atoms with Crippen molar-refractivity contribution in [2.45, 2.75) is 56.8 Å². The van der Waals surface area contributed by atoms with Crippen LogP contribution in [-0.4, -0.2) is 83.2 Å². The average Bonchev–Trinajstić information content (AvgIpc) is 2.67. The van der Waals surface area contributed by atoms with Gasteiger partial charge in [-0.15, -0.1) is 0 Å². The number of hydrogen-bond acceptors (Lipinski definition) is 8. The van der Waals surface area contributed by atoms with Gasteiger partial charge in [-0.3, -0.25) is 19.2 Å². The first-order valence-corrected chi connectivity index (χ1v) is 10.8. The zero-order valence-corrected chi connectivity index (χ0v) is 17.7. The van der Waals surface area contributed by atoms with Gasteiger partial charge in [0.05, 0.1) is 6.10 Å². The summed E-state index contributed by atoms with van der Waals surface area (Å²) in [4.78, 5) is 47.8. The van der Waals surface area contributed by atoms with Gasteiger partial charge in [0.15, 0.2) is 0 Å². The predicted molar refractivity (Wildman–Crippen MR) is 110 cm³/mol. The summed E-state index contributed by atoms with van der Waals surface area (Å²) in [6.07, 6.45) is 2.49. The van der Waals surface area contributed by atoms with E-state index in [1.54, 1.807) is 0 Å². The number of thioether (sulfide) groups is 1. The highest BCUT2D eigenvalue weighted by molar-refractivity contribution is 7.98. The summed E-state index contributed by atoms with van der Waals surface area (Å²) in [5.74, 6) is -2.55. The van der Waals surface area contributed by atoms with Gasteiger partial charge in [0.2, 0.25) is 17.7 Å². The van der Waals surface area contributed by atoms with Crippen LogP contribution in [0.2, 0.25) is 0 Å². The summed E-state index contributed by atoms with van der Waals surface area (Å²) < 4.78 is 0. The molecule has 0 radical (unpaired) electrons. The summed E-state index contributed by atoms with van der Waals surface area (Å²) >= 11 is 1.47. The van der Waals surface area contributed by atoms with E-state index < -0.39 is 54.5 Å². The number of unbranched alkanes of at least 4 members (excludes halogenated alkanes) is 1. The van der Waals surface area contributed by atoms with E-state index in [-0.39, 0.29) is 12.8 Å². The summed E-state index contributed by atoms with van der Waals surface area (Å²) in [5.41, 5.74) is 11.1. The molecule has 0 aromatic carbocycles. The molecule has 3 amide bonds. The van der Waals surface area contributed by atoms with E-state index in [2.05, 4.69) is 16.0 Å². The van der Waals surface area contributed by atoms with Crippen molar-refractivity contribution in [2.24, 2.45) is 11.5 Å². The normalized spacial score (nSPS) is 14.9. The van der Waals surface area contributed by atoms with Crippen LogP contribution >= 0.6 is 11.8 Å². The van der Waals surface area contributed by atoms with Crippen LogP contribution in [0.4, 0.5) is 0 Å². The molecule has 0 bridgehead atoms. The second-order valence-corrected chi connectivity index (χ2v) is 7.55. The van der Waals surface area contributed by atoms with Crippen LogP contribution in [0.25, 0.3) is 0 Å². The van der Waals surface area contributed by atoms with E-state index >= 15 is 0 Å². The lowest BCUT2D eigenvalue weighted by Gasteiger charge is -2.24. The third kappa shape index (κ3) is 11.6. The lowest BCUT2D eigenvalue weighted by atomic mass is 10.1. The van der Waals surface area contributed by atoms with Crippen molar-refractivity contribution in [1.29, 1.82) is 0 Å². The predicted octanol–water partition coefficient (Wildman–Crippen LogP) is -2.25. The molecule has 4 unspecified atom stereocenters. The van der Waals surface area contributed by atoms with E-state index in [9.17, 15) is 24.3 Å². The molecule has 0 saturated heterocycles. The Balaban J connectivity index is 5.18. The Labute approximate surface area is 174 Å². The number of hydrogen-bond donors (Lipinski definition) is 7. The molecule has 0 aliphatic carbocycles. The van der Waals surface area contributed by atoms with Crippen molar-refractivity contribution in [1.82, 2.24) is 16.0 Å². The van der Waals surface area contributed by atoms with Crippen molar-refractivity contribution < 1.29 is 29.4 Å². The lowest BCUT2D eigenvalue weighted by molar-refractivity contribution is -0.138. The molecule has 0 aromatic rings. The number of nitrogens with two attached hydrogens (primary N) is 2. The monoisotopic (exact) mass is 435 g/mol. The summed E-state index contributed by atoms with van der Waals surface area (Å²) in [5, 5.41) is 25.5. The molecule has 29 heavy (non-hydrogen) atoms. The van der Waals surface area contributed by atoms with Crippen LogP contribution < -0.4 is 27.4 Å². The Morgan fingerprint density at radius 3 is 2.10 bits per heavy atom. The van der Waals surface area contributed by atoms with Gasteiger partial charge >= 0.3 is 5.97 Å². The Morgan fingerprint density at radius 1 is 1.00 bits per heavy atom. The quantitative estimate of drug-likeness (QED) is 0.139. The van der Waals surface area contributed by atoms with Crippen LogP contribution in [0.5, 0.6) is 0 Å². The first kappa shape index (κ1) is 27.1. The van der Waals surface area contributed by atoms with E-state index in [1.807, 2.05) is 6.26 Å². The van der Waals surface area contributed by atoms with E-state index in [1.165, 1.54) is 18.7 Å². The van der Waals surface area contributed by atoms with Crippen molar-refractivity contribution in [3.63, 3.8) is 0 Å². The SMILES string of the molecule is CSCCC(NC(=O)C(CCCCN)NC(=O)C(N)C(C)O)C(=O)NCC(=O)O. The number of aliphatic hydroxyl groups excluding tert-OH is 1. The Hall–Kier alpha value is -1.89. The smallest absolute Gasteiger partial charge is 0.322 e. The number of nitrogens with one attached hydrogen (secondary N) is 3. The minimum atomic E-state index is -1.20. The molecule has 11 nitrogen and oxygen atoms in total. The topological polar surface area (TPSA) is 197 Å². The largest absolute Gasteiger partial charge is 0.480 e. The number of carbonyl (C=O) groups is 4. The molecule has 0 aromatic heterocycles. The Morgan fingerprint density at radius 2 is 1.59 bits per heavy atom. The number of carbonyl (C=O) groups excluding carboxylic acids is 3. The van der Waals surface area contributed by atoms with E-state index in [4.69, 9.17) is 16.6 Å². The minimum Gasteiger partial charge on any atom is -0.480 e. The Bertz CT molecular complexity index is 548. The molecule has 0 aliphatic rings. The van der Waals surface area contributed by atoms with Crippen LogP contribution in [0.1, 0.15) is 32.6 Å². The maximum absolute atomic E-state index is 12.7. The molecule has 12 heteroatoms. The third-order valence-electron chi connectivity index (χ3n) is 4.06. The molecular formula is C17H33N5O6S. The third-order valence-corrected chi connectivity index (χ3v) is 4.70. The second-order valence-electron chi connectivity index (χ2n) is 6.57. The van der Waals surface area contributed by atoms with Crippen molar-refractivity contribution >= 4 is 35.5 Å². The fraction of sp³-hybridized carbons (Fsp3) is 0.765. The second kappa shape index (κ2) is 15.0. The van der Waals surface area contributed by atoms with Crippen LogP contribution in [0.3, 0.4) is 0 Å². The molecule has 9 N–H and O–H groups in total. The molecule has 0 saturated carbocycles. The summed E-state index contributed by atoms with van der Waals surface area (Å²) in [6.45, 7) is 1.22. The van der Waals surface area contributed by atoms with Gasteiger partial charge in [0, 0.05) is 0 Å². The fourth-order valence-electron chi connectivity index (χ4n) is 2.31. The number of aliphatic carboxylic acids is 1. The highest BCUT2D eigenvalue weighted by Crippen LogP contribution is 2.06. The molecule has 0 fully saturated rings. The Kier molecular flexibility index (Phi) is 14.0. The zero-order chi connectivity index (χ0) is 22.4. The first-order chi connectivity index (χ1) is 13.6. The summed E-state index contributed by atoms with van der Waals surface area (Å²) in [7, 11) is 0. The van der Waals surface area contributed by atoms with E-state index in [0.717, 1.165) is 0 Å². The van der Waals surface area contributed by atoms with Gasteiger partial charge in [0.25, 0.3) is 0 Å². The number of carboxylic acids is 1. The molecular weight excluding hydrogens is 402 g/mol. The molecule has 4 atom stereocenters. The van der Waals surface area contributed by atoms with Gasteiger partial charge in [-0.1, -0.05) is 0 Å². The van der Waals surface area contributed by atoms with Crippen molar-refractivity contribution in [2.75, 3.05) is 25.1 Å². The van der Waals surface area contributed by atoms with Gasteiger partial charge in [0.1, 0.15) is 24.7 Å². The van der Waals surface area contributed by atoms with Gasteiger partial charge < -0.3 is 37.6 Å². The van der Waals surface area contributed by atoms with Crippen molar-refractivity contribution in [3.05, 3.63) is 0 Å². The molecule has 0 aliphatic heterocycles. The number of aliphatic hydroxyl groups is 1. The lowest BCUT2D eigenvalue weighted by Crippen LogP contribution is -2.57.